The molecule has 0 bridgehead atoms. The van der Waals surface area contributed by atoms with Crippen LogP contribution in [-0.2, 0) is 15.9 Å². The second-order valence-corrected chi connectivity index (χ2v) is 5.92. The first-order valence-electron chi connectivity index (χ1n) is 7.71. The van der Waals surface area contributed by atoms with Gasteiger partial charge in [-0.2, -0.15) is 0 Å². The third kappa shape index (κ3) is 3.25. The van der Waals surface area contributed by atoms with Gasteiger partial charge in [-0.25, -0.2) is 0 Å². The lowest BCUT2D eigenvalue weighted by molar-refractivity contribution is 0.262. The number of rotatable bonds is 6. The molecule has 0 aliphatic carbocycles. The van der Waals surface area contributed by atoms with Gasteiger partial charge in [0.2, 0.25) is 0 Å². The molecule has 2 N–H and O–H groups in total. The molecule has 5 heteroatoms. The Morgan fingerprint density at radius 1 is 1.04 bits per heavy atom. The number of hydrogen-bond acceptors (Lipinski definition) is 5. The van der Waals surface area contributed by atoms with Gasteiger partial charge < -0.3 is 24.4 Å². The summed E-state index contributed by atoms with van der Waals surface area (Å²) < 4.78 is 16.3. The minimum absolute atomic E-state index is 0.000815. The van der Waals surface area contributed by atoms with E-state index in [0.29, 0.717) is 24.5 Å². The molecule has 4 rings (SSSR count). The van der Waals surface area contributed by atoms with Crippen molar-refractivity contribution in [2.45, 2.75) is 18.6 Å². The van der Waals surface area contributed by atoms with E-state index in [-0.39, 0.29) is 23.7 Å². The summed E-state index contributed by atoms with van der Waals surface area (Å²) >= 11 is 0. The van der Waals surface area contributed by atoms with Crippen molar-refractivity contribution in [2.24, 2.45) is 0 Å². The number of phenolic OH excluding ortho intramolecular Hbond substituents is 2. The van der Waals surface area contributed by atoms with Crippen molar-refractivity contribution in [3.8, 4) is 28.4 Å². The van der Waals surface area contributed by atoms with E-state index in [2.05, 4.69) is 0 Å². The number of ether oxygens (including phenoxy) is 3. The zero-order chi connectivity index (χ0) is 15.8. The third-order valence-corrected chi connectivity index (χ3v) is 4.03. The molecule has 0 saturated carbocycles. The fourth-order valence-corrected chi connectivity index (χ4v) is 2.69. The van der Waals surface area contributed by atoms with Crippen molar-refractivity contribution >= 4 is 0 Å². The summed E-state index contributed by atoms with van der Waals surface area (Å²) in [7, 11) is 0. The molecule has 2 heterocycles. The first kappa shape index (κ1) is 14.4. The first-order chi connectivity index (χ1) is 11.2. The van der Waals surface area contributed by atoms with Crippen LogP contribution in [-0.4, -0.2) is 42.2 Å². The van der Waals surface area contributed by atoms with Crippen LogP contribution in [0, 0.1) is 0 Å². The van der Waals surface area contributed by atoms with Crippen molar-refractivity contribution in [1.82, 2.24) is 0 Å². The third-order valence-electron chi connectivity index (χ3n) is 4.03. The molecule has 0 spiro atoms. The van der Waals surface area contributed by atoms with Crippen molar-refractivity contribution in [3.63, 3.8) is 0 Å². The lowest BCUT2D eigenvalue weighted by Gasteiger charge is -2.16. The minimum atomic E-state index is -0.0269. The molecule has 23 heavy (non-hydrogen) atoms. The lowest BCUT2D eigenvalue weighted by atomic mass is 9.95. The molecular formula is C18H18O5. The normalized spacial score (nSPS) is 21.9. The number of phenols is 2. The van der Waals surface area contributed by atoms with E-state index < -0.39 is 0 Å². The van der Waals surface area contributed by atoms with E-state index >= 15 is 0 Å². The predicted molar refractivity (Wildman–Crippen MR) is 83.9 cm³/mol. The highest BCUT2D eigenvalue weighted by atomic mass is 16.6. The maximum Gasteiger partial charge on any atom is 0.134 e. The molecule has 120 valence electrons. The van der Waals surface area contributed by atoms with Gasteiger partial charge >= 0.3 is 0 Å². The van der Waals surface area contributed by atoms with Gasteiger partial charge in [0.25, 0.3) is 0 Å². The molecule has 0 aromatic heterocycles. The van der Waals surface area contributed by atoms with Gasteiger partial charge in [0, 0.05) is 18.6 Å². The van der Waals surface area contributed by atoms with Crippen molar-refractivity contribution in [1.29, 1.82) is 0 Å². The molecule has 5 nitrogen and oxygen atoms in total. The zero-order valence-corrected chi connectivity index (χ0v) is 12.6. The SMILES string of the molecule is Oc1cc(O)c(-c2ccccc2CC2CO2)c(OCC2CO2)c1. The number of epoxide rings is 2. The van der Waals surface area contributed by atoms with Crippen molar-refractivity contribution in [2.75, 3.05) is 19.8 Å². The van der Waals surface area contributed by atoms with Crippen LogP contribution in [0.1, 0.15) is 5.56 Å². The van der Waals surface area contributed by atoms with Gasteiger partial charge in [-0.15, -0.1) is 0 Å². The Morgan fingerprint density at radius 3 is 2.52 bits per heavy atom. The van der Waals surface area contributed by atoms with E-state index in [1.807, 2.05) is 24.3 Å². The second kappa shape index (κ2) is 5.76. The second-order valence-electron chi connectivity index (χ2n) is 5.92. The summed E-state index contributed by atoms with van der Waals surface area (Å²) in [4.78, 5) is 0. The predicted octanol–water partition coefficient (Wildman–Crippen LogP) is 2.48. The highest BCUT2D eigenvalue weighted by molar-refractivity contribution is 5.80. The topological polar surface area (TPSA) is 74.8 Å². The highest BCUT2D eigenvalue weighted by Crippen LogP contribution is 2.43. The quantitative estimate of drug-likeness (QED) is 0.801. The van der Waals surface area contributed by atoms with Crippen LogP contribution in [0.25, 0.3) is 11.1 Å². The highest BCUT2D eigenvalue weighted by Gasteiger charge is 2.27. The molecule has 2 saturated heterocycles. The maximum atomic E-state index is 10.4. The van der Waals surface area contributed by atoms with Gasteiger partial charge in [-0.1, -0.05) is 24.3 Å². The van der Waals surface area contributed by atoms with Gasteiger partial charge in [-0.3, -0.25) is 0 Å². The van der Waals surface area contributed by atoms with Crippen LogP contribution in [0.5, 0.6) is 17.2 Å². The van der Waals surface area contributed by atoms with Gasteiger partial charge in [0.05, 0.1) is 24.9 Å². The maximum absolute atomic E-state index is 10.4. The Morgan fingerprint density at radius 2 is 1.78 bits per heavy atom. The molecule has 2 atom stereocenters. The molecule has 2 aromatic rings. The average molecular weight is 314 g/mol. The molecule has 0 amide bonds. The fourth-order valence-electron chi connectivity index (χ4n) is 2.69. The van der Waals surface area contributed by atoms with Crippen LogP contribution in [0.3, 0.4) is 0 Å². The van der Waals surface area contributed by atoms with E-state index in [9.17, 15) is 10.2 Å². The monoisotopic (exact) mass is 314 g/mol. The Labute approximate surface area is 134 Å². The molecule has 0 radical (unpaired) electrons. The Balaban J connectivity index is 1.74. The van der Waals surface area contributed by atoms with Gasteiger partial charge in [0.1, 0.15) is 30.0 Å². The molecule has 2 aliphatic heterocycles. The largest absolute Gasteiger partial charge is 0.508 e. The van der Waals surface area contributed by atoms with Gasteiger partial charge in [0.15, 0.2) is 0 Å². The molecule has 2 aliphatic rings. The van der Waals surface area contributed by atoms with Crippen molar-refractivity contribution in [3.05, 3.63) is 42.0 Å². The number of benzene rings is 2. The summed E-state index contributed by atoms with van der Waals surface area (Å²) in [6.45, 7) is 1.87. The molecule has 2 unspecified atom stereocenters. The lowest BCUT2D eigenvalue weighted by Crippen LogP contribution is -2.05. The minimum Gasteiger partial charge on any atom is -0.508 e. The van der Waals surface area contributed by atoms with Crippen LogP contribution < -0.4 is 4.74 Å². The zero-order valence-electron chi connectivity index (χ0n) is 12.6. The Bertz CT molecular complexity index is 719. The van der Waals surface area contributed by atoms with Crippen LogP contribution in [0.2, 0.25) is 0 Å². The van der Waals surface area contributed by atoms with Gasteiger partial charge in [-0.05, 0) is 11.1 Å². The Hall–Kier alpha value is -2.24. The summed E-state index contributed by atoms with van der Waals surface area (Å²) in [5, 5.41) is 20.2. The van der Waals surface area contributed by atoms with E-state index in [0.717, 1.165) is 24.2 Å². The van der Waals surface area contributed by atoms with Crippen LogP contribution in [0.4, 0.5) is 0 Å². The van der Waals surface area contributed by atoms with Crippen LogP contribution >= 0.6 is 0 Å². The summed E-state index contributed by atoms with van der Waals surface area (Å²) in [5.41, 5.74) is 2.58. The summed E-state index contributed by atoms with van der Waals surface area (Å²) in [6.07, 6.45) is 1.14. The fraction of sp³-hybridized carbons (Fsp3) is 0.333. The standard InChI is InChI=1S/C18H18O5/c19-12-6-16(20)18(17(7-12)23-10-14-9-22-14)15-4-2-1-3-11(15)5-13-8-21-13/h1-4,6-7,13-14,19-20H,5,8-10H2. The Kier molecular flexibility index (Phi) is 3.59. The first-order valence-corrected chi connectivity index (χ1v) is 7.71. The number of aromatic hydroxyl groups is 2. The average Bonchev–Trinajstić information content (AvgIpc) is 3.41. The summed E-state index contributed by atoms with van der Waals surface area (Å²) in [6, 6.07) is 10.7. The molecule has 2 aromatic carbocycles. The molecular weight excluding hydrogens is 296 g/mol. The van der Waals surface area contributed by atoms with Crippen molar-refractivity contribution < 1.29 is 24.4 Å². The van der Waals surface area contributed by atoms with E-state index in [4.69, 9.17) is 14.2 Å². The van der Waals surface area contributed by atoms with Crippen LogP contribution in [0.15, 0.2) is 36.4 Å². The number of hydrogen-bond donors (Lipinski definition) is 2. The molecule has 2 fully saturated rings. The van der Waals surface area contributed by atoms with E-state index in [1.54, 1.807) is 0 Å². The summed E-state index contributed by atoms with van der Waals surface area (Å²) in [5.74, 6) is 0.434. The van der Waals surface area contributed by atoms with E-state index in [1.165, 1.54) is 12.1 Å². The smallest absolute Gasteiger partial charge is 0.134 e.